The van der Waals surface area contributed by atoms with Crippen LogP contribution in [0.1, 0.15) is 40.5 Å². The molecule has 0 spiro atoms. The van der Waals surface area contributed by atoms with Gasteiger partial charge in [0.2, 0.25) is 11.8 Å². The van der Waals surface area contributed by atoms with Crippen molar-refractivity contribution in [3.05, 3.63) is 0 Å². The molecule has 18 heavy (non-hydrogen) atoms. The molecule has 104 valence electrons. The van der Waals surface area contributed by atoms with Crippen molar-refractivity contribution in [2.75, 3.05) is 13.1 Å². The second-order valence-electron chi connectivity index (χ2n) is 5.37. The first-order chi connectivity index (χ1) is 8.34. The lowest BCUT2D eigenvalue weighted by Gasteiger charge is -2.40. The van der Waals surface area contributed by atoms with Gasteiger partial charge < -0.3 is 15.5 Å². The van der Waals surface area contributed by atoms with E-state index in [1.807, 2.05) is 18.7 Å². The zero-order valence-electron chi connectivity index (χ0n) is 11.8. The molecular formula is C13H25N3O2. The second kappa shape index (κ2) is 6.18. The lowest BCUT2D eigenvalue weighted by Crippen LogP contribution is -2.52. The Morgan fingerprint density at radius 2 is 1.72 bits per heavy atom. The van der Waals surface area contributed by atoms with Gasteiger partial charge in [0, 0.05) is 32.1 Å². The summed E-state index contributed by atoms with van der Waals surface area (Å²) in [6.07, 6.45) is 1.69. The van der Waals surface area contributed by atoms with Gasteiger partial charge in [-0.1, -0.05) is 0 Å². The van der Waals surface area contributed by atoms with Crippen LogP contribution in [-0.4, -0.2) is 52.8 Å². The highest BCUT2D eigenvalue weighted by Gasteiger charge is 2.30. The summed E-state index contributed by atoms with van der Waals surface area (Å²) < 4.78 is 0. The number of piperidine rings is 1. The van der Waals surface area contributed by atoms with E-state index in [-0.39, 0.29) is 23.9 Å². The third-order valence-corrected chi connectivity index (χ3v) is 3.48. The van der Waals surface area contributed by atoms with Crippen molar-refractivity contribution in [1.82, 2.24) is 9.80 Å². The molecule has 0 aliphatic carbocycles. The zero-order valence-corrected chi connectivity index (χ0v) is 11.8. The molecule has 1 atom stereocenters. The van der Waals surface area contributed by atoms with Crippen LogP contribution in [0.4, 0.5) is 0 Å². The number of amides is 2. The number of nitrogens with zero attached hydrogens (tertiary/aromatic N) is 2. The van der Waals surface area contributed by atoms with Crippen molar-refractivity contribution < 1.29 is 9.59 Å². The zero-order chi connectivity index (χ0) is 13.9. The molecule has 0 aromatic carbocycles. The Morgan fingerprint density at radius 1 is 1.22 bits per heavy atom. The molecular weight excluding hydrogens is 230 g/mol. The fourth-order valence-corrected chi connectivity index (χ4v) is 2.69. The average Bonchev–Trinajstić information content (AvgIpc) is 2.28. The fraction of sp³-hybridized carbons (Fsp3) is 0.846. The molecule has 1 aliphatic heterocycles. The van der Waals surface area contributed by atoms with Gasteiger partial charge in [0.1, 0.15) is 0 Å². The van der Waals surface area contributed by atoms with Gasteiger partial charge in [0.05, 0.1) is 6.04 Å². The standard InChI is InChI=1S/C13H25N3O2/c1-9(2)16(11(4)17)12-5-7-15(8-6-12)13(18)10(3)14/h9-10,12H,5-8,14H2,1-4H3/t10-/m0/s1. The Hall–Kier alpha value is -1.10. The van der Waals surface area contributed by atoms with Crippen molar-refractivity contribution in [3.8, 4) is 0 Å². The molecule has 1 heterocycles. The molecule has 0 aromatic heterocycles. The van der Waals surface area contributed by atoms with Crippen LogP contribution in [0.3, 0.4) is 0 Å². The van der Waals surface area contributed by atoms with E-state index < -0.39 is 6.04 Å². The van der Waals surface area contributed by atoms with Crippen molar-refractivity contribution >= 4 is 11.8 Å². The first-order valence-corrected chi connectivity index (χ1v) is 6.67. The summed E-state index contributed by atoms with van der Waals surface area (Å²) in [5.74, 6) is 0.120. The lowest BCUT2D eigenvalue weighted by atomic mass is 10.0. The maximum atomic E-state index is 11.8. The van der Waals surface area contributed by atoms with E-state index in [0.29, 0.717) is 13.1 Å². The lowest BCUT2D eigenvalue weighted by molar-refractivity contribution is -0.137. The van der Waals surface area contributed by atoms with Crippen LogP contribution >= 0.6 is 0 Å². The third kappa shape index (κ3) is 3.45. The number of nitrogens with two attached hydrogens (primary N) is 1. The van der Waals surface area contributed by atoms with Crippen LogP contribution in [0.2, 0.25) is 0 Å². The number of rotatable bonds is 3. The summed E-state index contributed by atoms with van der Waals surface area (Å²) >= 11 is 0. The smallest absolute Gasteiger partial charge is 0.239 e. The van der Waals surface area contributed by atoms with E-state index in [9.17, 15) is 9.59 Å². The maximum absolute atomic E-state index is 11.8. The highest BCUT2D eigenvalue weighted by molar-refractivity contribution is 5.81. The highest BCUT2D eigenvalue weighted by atomic mass is 16.2. The predicted octanol–water partition coefficient (Wildman–Crippen LogP) is 0.582. The van der Waals surface area contributed by atoms with E-state index >= 15 is 0 Å². The second-order valence-corrected chi connectivity index (χ2v) is 5.37. The minimum Gasteiger partial charge on any atom is -0.341 e. The van der Waals surface area contributed by atoms with E-state index in [4.69, 9.17) is 5.73 Å². The molecule has 5 heteroatoms. The van der Waals surface area contributed by atoms with Gasteiger partial charge in [-0.3, -0.25) is 9.59 Å². The van der Waals surface area contributed by atoms with E-state index in [2.05, 4.69) is 0 Å². The van der Waals surface area contributed by atoms with E-state index in [1.54, 1.807) is 18.7 Å². The largest absolute Gasteiger partial charge is 0.341 e. The molecule has 5 nitrogen and oxygen atoms in total. The van der Waals surface area contributed by atoms with Crippen LogP contribution in [0.5, 0.6) is 0 Å². The number of carbonyl (C=O) groups excluding carboxylic acids is 2. The van der Waals surface area contributed by atoms with E-state index in [1.165, 1.54) is 0 Å². The molecule has 1 rings (SSSR count). The number of hydrogen-bond acceptors (Lipinski definition) is 3. The molecule has 1 aliphatic rings. The molecule has 2 amide bonds. The maximum Gasteiger partial charge on any atom is 0.239 e. The topological polar surface area (TPSA) is 66.6 Å². The summed E-state index contributed by atoms with van der Waals surface area (Å²) in [7, 11) is 0. The van der Waals surface area contributed by atoms with Crippen molar-refractivity contribution in [2.45, 2.75) is 58.7 Å². The Balaban J connectivity index is 2.58. The van der Waals surface area contributed by atoms with E-state index in [0.717, 1.165) is 12.8 Å². The Kier molecular flexibility index (Phi) is 5.14. The fourth-order valence-electron chi connectivity index (χ4n) is 2.69. The van der Waals surface area contributed by atoms with Crippen LogP contribution in [-0.2, 0) is 9.59 Å². The average molecular weight is 255 g/mol. The van der Waals surface area contributed by atoms with Gasteiger partial charge in [0.15, 0.2) is 0 Å². The first-order valence-electron chi connectivity index (χ1n) is 6.67. The number of hydrogen-bond donors (Lipinski definition) is 1. The molecule has 2 N–H and O–H groups in total. The molecule has 1 fully saturated rings. The van der Waals surface area contributed by atoms with Gasteiger partial charge in [-0.15, -0.1) is 0 Å². The van der Waals surface area contributed by atoms with Gasteiger partial charge >= 0.3 is 0 Å². The number of carbonyl (C=O) groups is 2. The minimum atomic E-state index is -0.435. The summed E-state index contributed by atoms with van der Waals surface area (Å²) in [5.41, 5.74) is 5.60. The predicted molar refractivity (Wildman–Crippen MR) is 70.9 cm³/mol. The summed E-state index contributed by atoms with van der Waals surface area (Å²) in [6, 6.07) is 0.0263. The highest BCUT2D eigenvalue weighted by Crippen LogP contribution is 2.19. The Labute approximate surface area is 109 Å². The molecule has 0 unspecified atom stereocenters. The molecule has 0 radical (unpaired) electrons. The van der Waals surface area contributed by atoms with Gasteiger partial charge in [-0.05, 0) is 33.6 Å². The van der Waals surface area contributed by atoms with Crippen molar-refractivity contribution in [2.24, 2.45) is 5.73 Å². The Morgan fingerprint density at radius 3 is 2.06 bits per heavy atom. The van der Waals surface area contributed by atoms with Crippen LogP contribution in [0, 0.1) is 0 Å². The normalized spacial score (nSPS) is 18.9. The quantitative estimate of drug-likeness (QED) is 0.802. The van der Waals surface area contributed by atoms with Gasteiger partial charge in [-0.2, -0.15) is 0 Å². The molecule has 0 aromatic rings. The summed E-state index contributed by atoms with van der Waals surface area (Å²) in [5, 5.41) is 0. The minimum absolute atomic E-state index is 0.00683. The summed E-state index contributed by atoms with van der Waals surface area (Å²) in [6.45, 7) is 8.77. The van der Waals surface area contributed by atoms with Crippen LogP contribution in [0.25, 0.3) is 0 Å². The summed E-state index contributed by atoms with van der Waals surface area (Å²) in [4.78, 5) is 27.1. The van der Waals surface area contributed by atoms with Crippen LogP contribution in [0.15, 0.2) is 0 Å². The molecule has 1 saturated heterocycles. The van der Waals surface area contributed by atoms with Gasteiger partial charge in [-0.25, -0.2) is 0 Å². The Bertz CT molecular complexity index is 307. The SMILES string of the molecule is CC(=O)N(C(C)C)C1CCN(C(=O)[C@H](C)N)CC1. The van der Waals surface area contributed by atoms with Crippen molar-refractivity contribution in [3.63, 3.8) is 0 Å². The monoisotopic (exact) mass is 255 g/mol. The number of likely N-dealkylation sites (tertiary alicyclic amines) is 1. The molecule has 0 bridgehead atoms. The van der Waals surface area contributed by atoms with Crippen LogP contribution < -0.4 is 5.73 Å². The first kappa shape index (κ1) is 15.0. The third-order valence-electron chi connectivity index (χ3n) is 3.48. The van der Waals surface area contributed by atoms with Gasteiger partial charge in [0.25, 0.3) is 0 Å². The molecule has 0 saturated carbocycles. The van der Waals surface area contributed by atoms with Crippen molar-refractivity contribution in [1.29, 1.82) is 0 Å².